The molecule has 32 heavy (non-hydrogen) atoms. The zero-order chi connectivity index (χ0) is 23.1. The van der Waals surface area contributed by atoms with Gasteiger partial charge >= 0.3 is 5.97 Å². The zero-order valence-electron chi connectivity index (χ0n) is 19.4. The summed E-state index contributed by atoms with van der Waals surface area (Å²) in [5.74, 6) is 2.20. The van der Waals surface area contributed by atoms with Crippen LogP contribution in [0, 0.1) is 23.6 Å². The molecule has 0 bridgehead atoms. The van der Waals surface area contributed by atoms with Gasteiger partial charge in [0.15, 0.2) is 0 Å². The van der Waals surface area contributed by atoms with Crippen molar-refractivity contribution in [2.75, 3.05) is 13.7 Å². The monoisotopic (exact) mass is 442 g/mol. The second-order valence-corrected chi connectivity index (χ2v) is 9.40. The molecule has 3 rings (SSSR count). The number of carboxylic acids is 1. The number of halogens is 1. The van der Waals surface area contributed by atoms with Gasteiger partial charge in [-0.3, -0.25) is 4.79 Å². The molecule has 0 aliphatic heterocycles. The summed E-state index contributed by atoms with van der Waals surface area (Å²) in [5.41, 5.74) is 1.74. The van der Waals surface area contributed by atoms with E-state index in [4.69, 9.17) is 14.6 Å². The molecule has 1 aliphatic carbocycles. The topological polar surface area (TPSA) is 55.8 Å². The molecular formula is C27H35FO4. The van der Waals surface area contributed by atoms with Crippen molar-refractivity contribution in [1.29, 1.82) is 0 Å². The molecule has 5 heteroatoms. The molecule has 0 spiro atoms. The Morgan fingerprint density at radius 1 is 1.12 bits per heavy atom. The van der Waals surface area contributed by atoms with Gasteiger partial charge in [-0.1, -0.05) is 26.0 Å². The fourth-order valence-electron chi connectivity index (χ4n) is 4.93. The van der Waals surface area contributed by atoms with E-state index in [9.17, 15) is 9.18 Å². The van der Waals surface area contributed by atoms with Gasteiger partial charge in [0.05, 0.1) is 13.7 Å². The van der Waals surface area contributed by atoms with Crippen LogP contribution in [-0.4, -0.2) is 24.8 Å². The van der Waals surface area contributed by atoms with E-state index in [2.05, 4.69) is 13.8 Å². The highest BCUT2D eigenvalue weighted by Crippen LogP contribution is 2.43. The largest absolute Gasteiger partial charge is 0.497 e. The molecule has 174 valence electrons. The summed E-state index contributed by atoms with van der Waals surface area (Å²) >= 11 is 0. The molecule has 1 N–H and O–H groups in total. The molecule has 2 aromatic carbocycles. The number of hydrogen-bond donors (Lipinski definition) is 1. The van der Waals surface area contributed by atoms with E-state index in [0.717, 1.165) is 42.6 Å². The van der Waals surface area contributed by atoms with Gasteiger partial charge in [-0.2, -0.15) is 0 Å². The first-order chi connectivity index (χ1) is 15.4. The maximum Gasteiger partial charge on any atom is 0.303 e. The lowest BCUT2D eigenvalue weighted by Crippen LogP contribution is -2.30. The number of methoxy groups -OCH3 is 1. The van der Waals surface area contributed by atoms with Gasteiger partial charge in [0.25, 0.3) is 0 Å². The average molecular weight is 443 g/mol. The summed E-state index contributed by atoms with van der Waals surface area (Å²) in [4.78, 5) is 10.8. The van der Waals surface area contributed by atoms with E-state index in [0.29, 0.717) is 36.5 Å². The second-order valence-electron chi connectivity index (χ2n) is 9.40. The minimum atomic E-state index is -0.794. The number of aliphatic carboxylic acids is 1. The molecule has 0 aromatic heterocycles. The summed E-state index contributed by atoms with van der Waals surface area (Å²) in [6.45, 7) is 5.10. The van der Waals surface area contributed by atoms with Crippen LogP contribution in [-0.2, 0) is 11.2 Å². The van der Waals surface area contributed by atoms with Gasteiger partial charge in [0, 0.05) is 6.42 Å². The number of ether oxygens (including phenoxy) is 2. The average Bonchev–Trinajstić information content (AvgIpc) is 2.77. The number of carbonyl (C=O) groups is 1. The van der Waals surface area contributed by atoms with Crippen LogP contribution in [0.25, 0.3) is 0 Å². The zero-order valence-corrected chi connectivity index (χ0v) is 19.4. The number of benzene rings is 2. The molecule has 1 saturated carbocycles. The van der Waals surface area contributed by atoms with Crippen molar-refractivity contribution in [2.45, 2.75) is 58.3 Å². The third-order valence-electron chi connectivity index (χ3n) is 6.55. The maximum atomic E-state index is 14.6. The molecular weight excluding hydrogens is 407 g/mol. The lowest BCUT2D eigenvalue weighted by molar-refractivity contribution is -0.136. The fourth-order valence-corrected chi connectivity index (χ4v) is 4.93. The van der Waals surface area contributed by atoms with Crippen LogP contribution in [0.5, 0.6) is 11.5 Å². The van der Waals surface area contributed by atoms with E-state index in [1.165, 1.54) is 6.07 Å². The standard InChI is InChI=1S/C27H35FO4/c1-18(2)13-22-15-20(25-16-23(31-3)10-11-26(25)28)8-9-21(22)17-32-24-6-4-5-19(14-24)7-12-27(29)30/h4-6,10-11,14,16,18,20-22H,7-9,12-13,15,17H2,1-3H3,(H,29,30). The minimum absolute atomic E-state index is 0.116. The van der Waals surface area contributed by atoms with Crippen LogP contribution in [0.15, 0.2) is 42.5 Å². The highest BCUT2D eigenvalue weighted by Gasteiger charge is 2.33. The van der Waals surface area contributed by atoms with Gasteiger partial charge in [-0.25, -0.2) is 4.39 Å². The molecule has 1 aliphatic rings. The number of rotatable bonds is 10. The summed E-state index contributed by atoms with van der Waals surface area (Å²) in [7, 11) is 1.61. The van der Waals surface area contributed by atoms with E-state index < -0.39 is 5.97 Å². The first-order valence-electron chi connectivity index (χ1n) is 11.6. The molecule has 4 nitrogen and oxygen atoms in total. The van der Waals surface area contributed by atoms with Crippen molar-refractivity contribution >= 4 is 5.97 Å². The molecule has 3 unspecified atom stereocenters. The molecule has 1 fully saturated rings. The highest BCUT2D eigenvalue weighted by atomic mass is 19.1. The van der Waals surface area contributed by atoms with Crippen LogP contribution in [0.4, 0.5) is 4.39 Å². The number of hydrogen-bond acceptors (Lipinski definition) is 3. The van der Waals surface area contributed by atoms with Crippen LogP contribution >= 0.6 is 0 Å². The summed E-state index contributed by atoms with van der Waals surface area (Å²) in [6.07, 6.45) is 4.59. The Labute approximate surface area is 190 Å². The van der Waals surface area contributed by atoms with Crippen molar-refractivity contribution in [3.05, 3.63) is 59.4 Å². The third kappa shape index (κ3) is 6.72. The Morgan fingerprint density at radius 3 is 2.66 bits per heavy atom. The Balaban J connectivity index is 1.66. The van der Waals surface area contributed by atoms with Crippen LogP contribution < -0.4 is 9.47 Å². The normalized spacial score (nSPS) is 20.8. The molecule has 2 aromatic rings. The van der Waals surface area contributed by atoms with Crippen molar-refractivity contribution in [3.8, 4) is 11.5 Å². The second kappa shape index (κ2) is 11.3. The number of carboxylic acid groups (broad SMARTS) is 1. The predicted molar refractivity (Wildman–Crippen MR) is 124 cm³/mol. The van der Waals surface area contributed by atoms with Gasteiger partial charge in [-0.15, -0.1) is 0 Å². The van der Waals surface area contributed by atoms with E-state index in [1.807, 2.05) is 30.3 Å². The molecule has 0 amide bonds. The fraction of sp³-hybridized carbons (Fsp3) is 0.519. The summed E-state index contributed by atoms with van der Waals surface area (Å²) in [6, 6.07) is 12.8. The molecule has 0 saturated heterocycles. The molecule has 0 radical (unpaired) electrons. The lowest BCUT2D eigenvalue weighted by atomic mass is 9.69. The number of aryl methyl sites for hydroxylation is 1. The Bertz CT molecular complexity index is 895. The van der Waals surface area contributed by atoms with Crippen LogP contribution in [0.1, 0.15) is 63.0 Å². The Morgan fingerprint density at radius 2 is 1.94 bits per heavy atom. The first kappa shape index (κ1) is 24.1. The SMILES string of the molecule is COc1ccc(F)c(C2CCC(COc3cccc(CCC(=O)O)c3)C(CC(C)C)C2)c1. The smallest absolute Gasteiger partial charge is 0.303 e. The van der Waals surface area contributed by atoms with E-state index in [-0.39, 0.29) is 18.2 Å². The lowest BCUT2D eigenvalue weighted by Gasteiger charge is -2.37. The van der Waals surface area contributed by atoms with E-state index in [1.54, 1.807) is 13.2 Å². The Hall–Kier alpha value is -2.56. The Kier molecular flexibility index (Phi) is 8.54. The van der Waals surface area contributed by atoms with Gasteiger partial charge in [0.2, 0.25) is 0 Å². The van der Waals surface area contributed by atoms with Crippen molar-refractivity contribution in [3.63, 3.8) is 0 Å². The minimum Gasteiger partial charge on any atom is -0.497 e. The summed E-state index contributed by atoms with van der Waals surface area (Å²) < 4.78 is 26.1. The van der Waals surface area contributed by atoms with Crippen molar-refractivity contribution in [2.24, 2.45) is 17.8 Å². The maximum absolute atomic E-state index is 14.6. The van der Waals surface area contributed by atoms with Crippen molar-refractivity contribution in [1.82, 2.24) is 0 Å². The van der Waals surface area contributed by atoms with Crippen LogP contribution in [0.3, 0.4) is 0 Å². The highest BCUT2D eigenvalue weighted by molar-refractivity contribution is 5.67. The van der Waals surface area contributed by atoms with Gasteiger partial charge < -0.3 is 14.6 Å². The molecule has 0 heterocycles. The van der Waals surface area contributed by atoms with Crippen LogP contribution in [0.2, 0.25) is 0 Å². The summed E-state index contributed by atoms with van der Waals surface area (Å²) in [5, 5.41) is 8.91. The van der Waals surface area contributed by atoms with Gasteiger partial charge in [0.1, 0.15) is 17.3 Å². The first-order valence-corrected chi connectivity index (χ1v) is 11.6. The molecule has 3 atom stereocenters. The third-order valence-corrected chi connectivity index (χ3v) is 6.55. The van der Waals surface area contributed by atoms with Gasteiger partial charge in [-0.05, 0) is 97.2 Å². The van der Waals surface area contributed by atoms with E-state index >= 15 is 0 Å². The predicted octanol–water partition coefficient (Wildman–Crippen LogP) is 6.48. The van der Waals surface area contributed by atoms with Crippen molar-refractivity contribution < 1.29 is 23.8 Å². The quantitative estimate of drug-likeness (QED) is 0.458.